The first kappa shape index (κ1) is 25.2. The van der Waals surface area contributed by atoms with Crippen LogP contribution in [0, 0.1) is 0 Å². The van der Waals surface area contributed by atoms with Gasteiger partial charge in [-0.05, 0) is 99.9 Å². The molecule has 4 aromatic carbocycles. The third-order valence-corrected chi connectivity index (χ3v) is 7.52. The van der Waals surface area contributed by atoms with E-state index in [1.165, 1.54) is 5.56 Å². The number of aliphatic imine (C=N–C) groups is 1. The summed E-state index contributed by atoms with van der Waals surface area (Å²) in [6.45, 7) is 4.40. The van der Waals surface area contributed by atoms with Gasteiger partial charge in [0.05, 0.1) is 10.2 Å². The largest absolute Gasteiger partial charge is 0.506 e. The molecular weight excluding hydrogens is 548 g/mol. The molecule has 5 rings (SSSR count). The molecule has 0 radical (unpaired) electrons. The lowest BCUT2D eigenvalue weighted by Gasteiger charge is -2.09. The van der Waals surface area contributed by atoms with Crippen molar-refractivity contribution in [2.75, 3.05) is 0 Å². The molecule has 6 heteroatoms. The summed E-state index contributed by atoms with van der Waals surface area (Å²) in [5, 5.41) is 11.3. The summed E-state index contributed by atoms with van der Waals surface area (Å²) >= 11 is 9.81. The summed E-state index contributed by atoms with van der Waals surface area (Å²) in [6, 6.07) is 25.5. The number of phenolic OH excluding ortho intramolecular Hbond substituents is 1. The van der Waals surface area contributed by atoms with Crippen molar-refractivity contribution in [3.8, 4) is 17.2 Å². The van der Waals surface area contributed by atoms with E-state index >= 15 is 0 Å². The van der Waals surface area contributed by atoms with Crippen molar-refractivity contribution in [2.24, 2.45) is 4.99 Å². The van der Waals surface area contributed by atoms with Crippen molar-refractivity contribution in [3.05, 3.63) is 111 Å². The zero-order valence-electron chi connectivity index (χ0n) is 20.6. The molecule has 0 aliphatic rings. The van der Waals surface area contributed by atoms with Crippen LogP contribution in [0.25, 0.3) is 22.6 Å². The van der Waals surface area contributed by atoms with Gasteiger partial charge in [-0.2, -0.15) is 0 Å². The van der Waals surface area contributed by atoms with Gasteiger partial charge in [0.1, 0.15) is 11.3 Å². The van der Waals surface area contributed by atoms with Gasteiger partial charge in [0.15, 0.2) is 5.58 Å². The average molecular weight is 574 g/mol. The molecular formula is C31H26BrClN2O2. The zero-order valence-corrected chi connectivity index (χ0v) is 22.9. The Morgan fingerprint density at radius 3 is 2.70 bits per heavy atom. The highest BCUT2D eigenvalue weighted by Crippen LogP contribution is 2.32. The van der Waals surface area contributed by atoms with Crippen LogP contribution in [0.5, 0.6) is 5.75 Å². The summed E-state index contributed by atoms with van der Waals surface area (Å²) < 4.78 is 6.64. The van der Waals surface area contributed by atoms with Crippen molar-refractivity contribution >= 4 is 50.5 Å². The number of aromatic hydroxyl groups is 1. The molecule has 37 heavy (non-hydrogen) atoms. The molecule has 0 spiro atoms. The highest BCUT2D eigenvalue weighted by atomic mass is 79.9. The lowest BCUT2D eigenvalue weighted by atomic mass is 9.98. The van der Waals surface area contributed by atoms with Crippen LogP contribution in [0.1, 0.15) is 48.4 Å². The fraction of sp³-hybridized carbons (Fsp3) is 0.161. The molecule has 4 nitrogen and oxygen atoms in total. The Bertz CT molecular complexity index is 1610. The highest BCUT2D eigenvalue weighted by Gasteiger charge is 2.12. The molecule has 186 valence electrons. The van der Waals surface area contributed by atoms with Gasteiger partial charge in [-0.1, -0.05) is 55.8 Å². The Hall–Kier alpha value is -3.41. The Balaban J connectivity index is 1.41. The average Bonchev–Trinajstić information content (AvgIpc) is 3.34. The zero-order chi connectivity index (χ0) is 25.9. The fourth-order valence-electron chi connectivity index (χ4n) is 4.21. The van der Waals surface area contributed by atoms with E-state index in [1.54, 1.807) is 6.21 Å². The van der Waals surface area contributed by atoms with E-state index in [1.807, 2.05) is 66.7 Å². The maximum Gasteiger partial charge on any atom is 0.227 e. The first-order valence-electron chi connectivity index (χ1n) is 12.2. The molecule has 1 N–H and O–H groups in total. The van der Waals surface area contributed by atoms with Gasteiger partial charge in [0.2, 0.25) is 5.89 Å². The third kappa shape index (κ3) is 5.63. The van der Waals surface area contributed by atoms with Crippen molar-refractivity contribution in [3.63, 3.8) is 0 Å². The normalized spacial score (nSPS) is 12.4. The highest BCUT2D eigenvalue weighted by molar-refractivity contribution is 9.10. The monoisotopic (exact) mass is 572 g/mol. The van der Waals surface area contributed by atoms with E-state index in [0.717, 1.165) is 39.9 Å². The second kappa shape index (κ2) is 10.9. The number of aromatic nitrogens is 1. The van der Waals surface area contributed by atoms with Crippen LogP contribution in [-0.4, -0.2) is 16.3 Å². The Morgan fingerprint density at radius 1 is 1.05 bits per heavy atom. The number of halogens is 2. The van der Waals surface area contributed by atoms with Crippen LogP contribution in [0.3, 0.4) is 0 Å². The van der Waals surface area contributed by atoms with Gasteiger partial charge in [-0.25, -0.2) is 4.98 Å². The van der Waals surface area contributed by atoms with Crippen molar-refractivity contribution in [1.82, 2.24) is 4.98 Å². The number of oxazole rings is 1. The molecule has 1 heterocycles. The third-order valence-electron chi connectivity index (χ3n) is 6.54. The topological polar surface area (TPSA) is 58.6 Å². The van der Waals surface area contributed by atoms with Gasteiger partial charge in [-0.3, -0.25) is 4.99 Å². The number of nitrogens with zero attached hydrogens (tertiary/aromatic N) is 2. The molecule has 1 aromatic heterocycles. The maximum absolute atomic E-state index is 10.6. The minimum absolute atomic E-state index is 0.138. The summed E-state index contributed by atoms with van der Waals surface area (Å²) in [5.41, 5.74) is 7.09. The lowest BCUT2D eigenvalue weighted by molar-refractivity contribution is 0.471. The second-order valence-corrected chi connectivity index (χ2v) is 10.4. The molecule has 0 amide bonds. The SMILES string of the molecule is CC[C@@H](C)c1ccc2oc(-c3cccc(N=Cc4cc(Cc5ccccc5Cl)cc(Br)c4O)c3)nc2c1. The molecule has 0 unspecified atom stereocenters. The fourth-order valence-corrected chi connectivity index (χ4v) is 4.94. The maximum atomic E-state index is 10.6. The van der Waals surface area contributed by atoms with Crippen LogP contribution >= 0.6 is 27.5 Å². The Morgan fingerprint density at radius 2 is 1.89 bits per heavy atom. The van der Waals surface area contributed by atoms with Crippen LogP contribution in [-0.2, 0) is 6.42 Å². The molecule has 0 saturated heterocycles. The van der Waals surface area contributed by atoms with E-state index < -0.39 is 0 Å². The molecule has 1 atom stereocenters. The molecule has 0 saturated carbocycles. The van der Waals surface area contributed by atoms with Crippen LogP contribution < -0.4 is 0 Å². The molecule has 0 aliphatic carbocycles. The first-order valence-corrected chi connectivity index (χ1v) is 13.4. The number of hydrogen-bond acceptors (Lipinski definition) is 4. The number of rotatable bonds is 7. The van der Waals surface area contributed by atoms with Crippen molar-refractivity contribution in [2.45, 2.75) is 32.6 Å². The van der Waals surface area contributed by atoms with Gasteiger partial charge in [0, 0.05) is 22.4 Å². The van der Waals surface area contributed by atoms with Crippen LogP contribution in [0.4, 0.5) is 5.69 Å². The summed E-state index contributed by atoms with van der Waals surface area (Å²) in [4.78, 5) is 9.36. The summed E-state index contributed by atoms with van der Waals surface area (Å²) in [7, 11) is 0. The summed E-state index contributed by atoms with van der Waals surface area (Å²) in [6.07, 6.45) is 3.39. The van der Waals surface area contributed by atoms with Gasteiger partial charge in [-0.15, -0.1) is 0 Å². The molecule has 0 aliphatic heterocycles. The minimum atomic E-state index is 0.138. The van der Waals surface area contributed by atoms with Crippen LogP contribution in [0.2, 0.25) is 5.02 Å². The molecule has 0 fully saturated rings. The predicted octanol–water partition coefficient (Wildman–Crippen LogP) is 9.47. The minimum Gasteiger partial charge on any atom is -0.506 e. The summed E-state index contributed by atoms with van der Waals surface area (Å²) in [5.74, 6) is 1.17. The Labute approximate surface area is 229 Å². The van der Waals surface area contributed by atoms with Crippen LogP contribution in [0.15, 0.2) is 92.7 Å². The first-order chi connectivity index (χ1) is 17.9. The van der Waals surface area contributed by atoms with Gasteiger partial charge >= 0.3 is 0 Å². The van der Waals surface area contributed by atoms with E-state index in [0.29, 0.717) is 33.3 Å². The van der Waals surface area contributed by atoms with E-state index in [4.69, 9.17) is 21.0 Å². The van der Waals surface area contributed by atoms with E-state index in [9.17, 15) is 5.11 Å². The Kier molecular flexibility index (Phi) is 7.45. The predicted molar refractivity (Wildman–Crippen MR) is 155 cm³/mol. The molecule has 5 aromatic rings. The number of hydrogen-bond donors (Lipinski definition) is 1. The molecule has 0 bridgehead atoms. The number of phenols is 1. The number of benzene rings is 4. The second-order valence-electron chi connectivity index (χ2n) is 9.15. The van der Waals surface area contributed by atoms with Crippen molar-refractivity contribution in [1.29, 1.82) is 0 Å². The quantitative estimate of drug-likeness (QED) is 0.197. The van der Waals surface area contributed by atoms with Gasteiger partial charge in [0.25, 0.3) is 0 Å². The van der Waals surface area contributed by atoms with Gasteiger partial charge < -0.3 is 9.52 Å². The lowest BCUT2D eigenvalue weighted by Crippen LogP contribution is -1.93. The van der Waals surface area contributed by atoms with Crippen molar-refractivity contribution < 1.29 is 9.52 Å². The smallest absolute Gasteiger partial charge is 0.227 e. The van der Waals surface area contributed by atoms with E-state index in [2.05, 4.69) is 46.9 Å². The standard InChI is InChI=1S/C31H26BrClN2O2/c1-3-19(2)21-11-12-29-28(17-21)35-31(37-29)23-8-6-9-25(16-23)34-18-24-14-20(15-26(32)30(24)36)13-22-7-4-5-10-27(22)33/h4-12,14-19,36H,3,13H2,1-2H3/t19-/m1/s1. The van der Waals surface area contributed by atoms with E-state index in [-0.39, 0.29) is 5.75 Å². The number of fused-ring (bicyclic) bond motifs is 1.